The van der Waals surface area contributed by atoms with E-state index >= 15 is 0 Å². The van der Waals surface area contributed by atoms with E-state index in [2.05, 4.69) is 17.4 Å². The first-order valence-corrected chi connectivity index (χ1v) is 10.3. The van der Waals surface area contributed by atoms with Crippen LogP contribution in [0.1, 0.15) is 31.9 Å². The van der Waals surface area contributed by atoms with Gasteiger partial charge in [0.1, 0.15) is 18.5 Å². The lowest BCUT2D eigenvalue weighted by atomic mass is 9.92. The van der Waals surface area contributed by atoms with Crippen LogP contribution in [0.25, 0.3) is 0 Å². The van der Waals surface area contributed by atoms with Gasteiger partial charge in [0, 0.05) is 23.7 Å². The van der Waals surface area contributed by atoms with Gasteiger partial charge in [0.15, 0.2) is 0 Å². The highest BCUT2D eigenvalue weighted by atomic mass is 35.5. The van der Waals surface area contributed by atoms with Crippen molar-refractivity contribution in [1.29, 1.82) is 0 Å². The molecule has 5 nitrogen and oxygen atoms in total. The van der Waals surface area contributed by atoms with Gasteiger partial charge in [0.2, 0.25) is 5.91 Å². The highest BCUT2D eigenvalue weighted by Crippen LogP contribution is 2.24. The van der Waals surface area contributed by atoms with E-state index in [1.165, 1.54) is 11.1 Å². The maximum Gasteiger partial charge on any atom is 0.238 e. The van der Waals surface area contributed by atoms with Crippen LogP contribution < -0.4 is 10.1 Å². The van der Waals surface area contributed by atoms with Crippen LogP contribution in [0, 0.1) is 0 Å². The Hall–Kier alpha value is -2.08. The number of aliphatic hydroxyl groups is 1. The Morgan fingerprint density at radius 2 is 1.86 bits per heavy atom. The van der Waals surface area contributed by atoms with Gasteiger partial charge < -0.3 is 15.2 Å². The maximum atomic E-state index is 12.9. The molecule has 0 bridgehead atoms. The van der Waals surface area contributed by atoms with E-state index in [-0.39, 0.29) is 24.1 Å². The highest BCUT2D eigenvalue weighted by Gasteiger charge is 2.34. The number of aliphatic hydroxyl groups excluding tert-OH is 1. The second kappa shape index (κ2) is 9.16. The summed E-state index contributed by atoms with van der Waals surface area (Å²) in [5.74, 6) is 0.636. The van der Waals surface area contributed by atoms with Gasteiger partial charge >= 0.3 is 0 Å². The van der Waals surface area contributed by atoms with Crippen molar-refractivity contribution < 1.29 is 14.6 Å². The summed E-state index contributed by atoms with van der Waals surface area (Å²) in [5.41, 5.74) is 2.07. The monoisotopic (exact) mass is 416 g/mol. The normalized spacial score (nSPS) is 18.0. The number of fused-ring (bicyclic) bond motifs is 1. The molecule has 0 fully saturated rings. The Labute approximate surface area is 177 Å². The van der Waals surface area contributed by atoms with Gasteiger partial charge in [0.05, 0.1) is 6.04 Å². The van der Waals surface area contributed by atoms with Crippen LogP contribution in [-0.4, -0.2) is 46.7 Å². The number of β-amino-alcohol motifs (C(OH)–C–C–N with tert-alkyl or cyclic N) is 1. The minimum Gasteiger partial charge on any atom is -0.491 e. The van der Waals surface area contributed by atoms with Crippen molar-refractivity contribution >= 4 is 17.5 Å². The molecule has 0 saturated heterocycles. The molecule has 6 heteroatoms. The average molecular weight is 417 g/mol. The number of ether oxygens (including phenoxy) is 1. The number of hydrogen-bond donors (Lipinski definition) is 2. The molecule has 1 unspecified atom stereocenters. The Kier molecular flexibility index (Phi) is 6.83. The fraction of sp³-hybridized carbons (Fsp3) is 0.435. The van der Waals surface area contributed by atoms with Gasteiger partial charge in [-0.25, -0.2) is 0 Å². The van der Waals surface area contributed by atoms with Gasteiger partial charge in [-0.1, -0.05) is 35.9 Å². The molecule has 1 aliphatic rings. The van der Waals surface area contributed by atoms with Crippen LogP contribution in [0.5, 0.6) is 5.75 Å². The third kappa shape index (κ3) is 6.20. The second-order valence-electron chi connectivity index (χ2n) is 8.58. The van der Waals surface area contributed by atoms with Crippen molar-refractivity contribution in [3.8, 4) is 5.75 Å². The van der Waals surface area contributed by atoms with Crippen LogP contribution in [-0.2, 0) is 17.8 Å². The zero-order valence-corrected chi connectivity index (χ0v) is 17.9. The molecule has 1 amide bonds. The smallest absolute Gasteiger partial charge is 0.238 e. The van der Waals surface area contributed by atoms with Crippen molar-refractivity contribution in [3.05, 3.63) is 64.7 Å². The van der Waals surface area contributed by atoms with Crippen molar-refractivity contribution in [2.24, 2.45) is 0 Å². The Bertz CT molecular complexity index is 833. The Morgan fingerprint density at radius 3 is 2.52 bits per heavy atom. The number of nitrogens with one attached hydrogen (secondary N) is 1. The third-order valence-electron chi connectivity index (χ3n) is 4.85. The van der Waals surface area contributed by atoms with Crippen LogP contribution in [0.4, 0.5) is 0 Å². The van der Waals surface area contributed by atoms with Crippen molar-refractivity contribution in [1.82, 2.24) is 10.2 Å². The molecule has 1 heterocycles. The lowest BCUT2D eigenvalue weighted by Gasteiger charge is -2.38. The number of amides is 1. The number of rotatable bonds is 6. The summed E-state index contributed by atoms with van der Waals surface area (Å²) in [6.45, 7) is 7.04. The number of benzene rings is 2. The van der Waals surface area contributed by atoms with E-state index in [0.29, 0.717) is 30.3 Å². The molecule has 1 aliphatic heterocycles. The number of nitrogens with zero attached hydrogens (tertiary/aromatic N) is 1. The quantitative estimate of drug-likeness (QED) is 0.757. The molecule has 2 N–H and O–H groups in total. The minimum absolute atomic E-state index is 0.0159. The summed E-state index contributed by atoms with van der Waals surface area (Å²) in [4.78, 5) is 15.0. The first kappa shape index (κ1) is 21.6. The SMILES string of the molecule is CC(C)(C)NC(=O)[C@@H]1Cc2ccccc2CN1CC(O)COc1ccc(Cl)cc1. The van der Waals surface area contributed by atoms with Gasteiger partial charge in [0.25, 0.3) is 0 Å². The fourth-order valence-corrected chi connectivity index (χ4v) is 3.65. The minimum atomic E-state index is -0.721. The van der Waals surface area contributed by atoms with E-state index in [4.69, 9.17) is 16.3 Å². The molecule has 0 aliphatic carbocycles. The predicted octanol–water partition coefficient (Wildman–Crippen LogP) is 3.42. The van der Waals surface area contributed by atoms with Gasteiger partial charge in [-0.2, -0.15) is 0 Å². The molecule has 3 rings (SSSR count). The van der Waals surface area contributed by atoms with Gasteiger partial charge in [-0.05, 0) is 62.6 Å². The molecule has 0 spiro atoms. The molecule has 0 aromatic heterocycles. The summed E-state index contributed by atoms with van der Waals surface area (Å²) >= 11 is 5.89. The topological polar surface area (TPSA) is 61.8 Å². The molecule has 2 atom stereocenters. The number of hydrogen-bond acceptors (Lipinski definition) is 4. The molecule has 2 aromatic rings. The average Bonchev–Trinajstić information content (AvgIpc) is 2.65. The fourth-order valence-electron chi connectivity index (χ4n) is 3.53. The predicted molar refractivity (Wildman–Crippen MR) is 115 cm³/mol. The van der Waals surface area contributed by atoms with E-state index in [9.17, 15) is 9.90 Å². The van der Waals surface area contributed by atoms with Crippen molar-refractivity contribution in [2.45, 2.75) is 51.4 Å². The van der Waals surface area contributed by atoms with Gasteiger partial charge in [-0.15, -0.1) is 0 Å². The molecule has 156 valence electrons. The van der Waals surface area contributed by atoms with Crippen LogP contribution >= 0.6 is 11.6 Å². The molecular formula is C23H29ClN2O3. The standard InChI is InChI=1S/C23H29ClN2O3/c1-23(2,3)25-22(28)21-12-16-6-4-5-7-17(16)13-26(21)14-19(27)15-29-20-10-8-18(24)9-11-20/h4-11,19,21,27H,12-15H2,1-3H3,(H,25,28)/t19?,21-/m0/s1. The molecule has 29 heavy (non-hydrogen) atoms. The number of carbonyl (C=O) groups excluding carboxylic acids is 1. The van der Waals surface area contributed by atoms with E-state index < -0.39 is 6.10 Å². The van der Waals surface area contributed by atoms with Gasteiger partial charge in [-0.3, -0.25) is 9.69 Å². The first-order chi connectivity index (χ1) is 13.7. The van der Waals surface area contributed by atoms with E-state index in [1.54, 1.807) is 24.3 Å². The van der Waals surface area contributed by atoms with E-state index in [0.717, 1.165) is 0 Å². The van der Waals surface area contributed by atoms with Crippen molar-refractivity contribution in [2.75, 3.05) is 13.2 Å². The molecular weight excluding hydrogens is 388 g/mol. The Balaban J connectivity index is 1.67. The zero-order valence-electron chi connectivity index (χ0n) is 17.2. The van der Waals surface area contributed by atoms with Crippen LogP contribution in [0.3, 0.4) is 0 Å². The number of halogens is 1. The summed E-state index contributed by atoms with van der Waals surface area (Å²) in [5, 5.41) is 14.3. The third-order valence-corrected chi connectivity index (χ3v) is 5.10. The summed E-state index contributed by atoms with van der Waals surface area (Å²) in [6, 6.07) is 14.9. The van der Waals surface area contributed by atoms with Crippen molar-refractivity contribution in [3.63, 3.8) is 0 Å². The van der Waals surface area contributed by atoms with Crippen LogP contribution in [0.2, 0.25) is 5.02 Å². The lowest BCUT2D eigenvalue weighted by molar-refractivity contribution is -0.129. The Morgan fingerprint density at radius 1 is 1.21 bits per heavy atom. The summed E-state index contributed by atoms with van der Waals surface area (Å²) in [6.07, 6.45) is -0.0936. The van der Waals surface area contributed by atoms with E-state index in [1.807, 2.05) is 37.8 Å². The molecule has 0 radical (unpaired) electrons. The summed E-state index contributed by atoms with van der Waals surface area (Å²) in [7, 11) is 0. The largest absolute Gasteiger partial charge is 0.491 e. The molecule has 2 aromatic carbocycles. The second-order valence-corrected chi connectivity index (χ2v) is 9.01. The lowest BCUT2D eigenvalue weighted by Crippen LogP contribution is -2.56. The van der Waals surface area contributed by atoms with Crippen LogP contribution in [0.15, 0.2) is 48.5 Å². The summed E-state index contributed by atoms with van der Waals surface area (Å²) < 4.78 is 5.67. The maximum absolute atomic E-state index is 12.9. The zero-order chi connectivity index (χ0) is 21.0. The first-order valence-electron chi connectivity index (χ1n) is 9.90. The number of carbonyl (C=O) groups is 1. The highest BCUT2D eigenvalue weighted by molar-refractivity contribution is 6.30. The molecule has 0 saturated carbocycles.